The molecule has 1 fully saturated rings. The predicted octanol–water partition coefficient (Wildman–Crippen LogP) is 1.18. The van der Waals surface area contributed by atoms with Crippen LogP contribution >= 0.6 is 0 Å². The van der Waals surface area contributed by atoms with E-state index in [0.29, 0.717) is 18.8 Å². The van der Waals surface area contributed by atoms with Crippen molar-refractivity contribution in [3.8, 4) is 0 Å². The average molecular weight is 259 g/mol. The first kappa shape index (κ1) is 12.2. The first-order chi connectivity index (χ1) is 9.15. The van der Waals surface area contributed by atoms with E-state index in [9.17, 15) is 9.90 Å². The maximum atomic E-state index is 12.4. The molecule has 0 spiro atoms. The highest BCUT2D eigenvalue weighted by atomic mass is 16.3. The Labute approximate surface area is 111 Å². The van der Waals surface area contributed by atoms with E-state index in [-0.39, 0.29) is 11.8 Å². The molecule has 2 atom stereocenters. The van der Waals surface area contributed by atoms with Gasteiger partial charge in [0.2, 0.25) is 0 Å². The van der Waals surface area contributed by atoms with Crippen LogP contribution in [0.2, 0.25) is 0 Å². The van der Waals surface area contributed by atoms with Crippen molar-refractivity contribution in [3.63, 3.8) is 0 Å². The van der Waals surface area contributed by atoms with Crippen molar-refractivity contribution < 1.29 is 9.90 Å². The maximum absolute atomic E-state index is 12.4. The minimum atomic E-state index is -0.435. The van der Waals surface area contributed by atoms with Gasteiger partial charge in [0.15, 0.2) is 0 Å². The van der Waals surface area contributed by atoms with Crippen molar-refractivity contribution in [2.45, 2.75) is 19.4 Å². The predicted molar refractivity (Wildman–Crippen MR) is 70.9 cm³/mol. The van der Waals surface area contributed by atoms with Crippen LogP contribution in [0.5, 0.6) is 0 Å². The van der Waals surface area contributed by atoms with E-state index in [2.05, 4.69) is 4.98 Å². The zero-order valence-electron chi connectivity index (χ0n) is 10.9. The summed E-state index contributed by atoms with van der Waals surface area (Å²) in [5, 5.41) is 9.86. The molecule has 3 rings (SSSR count). The Balaban J connectivity index is 1.83. The molecule has 1 saturated heterocycles. The topological polar surface area (TPSA) is 57.8 Å². The molecule has 2 unspecified atom stereocenters. The lowest BCUT2D eigenvalue weighted by Crippen LogP contribution is -2.45. The highest BCUT2D eigenvalue weighted by Gasteiger charge is 2.28. The molecule has 1 N–H and O–H groups in total. The minimum Gasteiger partial charge on any atom is -0.391 e. The van der Waals surface area contributed by atoms with E-state index in [1.165, 1.54) is 0 Å². The van der Waals surface area contributed by atoms with Crippen LogP contribution in [0.25, 0.3) is 5.65 Å². The Kier molecular flexibility index (Phi) is 2.98. The molecular weight excluding hydrogens is 242 g/mol. The molecule has 1 aliphatic rings. The van der Waals surface area contributed by atoms with Crippen LogP contribution in [0.4, 0.5) is 0 Å². The fraction of sp³-hybridized carbons (Fsp3) is 0.429. The van der Waals surface area contributed by atoms with Gasteiger partial charge in [-0.15, -0.1) is 0 Å². The third-order valence-corrected chi connectivity index (χ3v) is 3.79. The Bertz CT molecular complexity index is 575. The number of carbonyl (C=O) groups excluding carboxylic acids is 1. The van der Waals surface area contributed by atoms with Gasteiger partial charge < -0.3 is 14.4 Å². The number of piperidine rings is 1. The number of hydrogen-bond acceptors (Lipinski definition) is 3. The number of amides is 1. The number of β-amino-alcohol motifs (C(OH)–C–C–N with tert-alkyl or cyclic N) is 1. The quantitative estimate of drug-likeness (QED) is 0.836. The second kappa shape index (κ2) is 4.66. The van der Waals surface area contributed by atoms with Gasteiger partial charge in [0.1, 0.15) is 11.3 Å². The molecule has 0 saturated carbocycles. The molecule has 1 aliphatic heterocycles. The van der Waals surface area contributed by atoms with E-state index in [0.717, 1.165) is 12.1 Å². The Morgan fingerprint density at radius 2 is 2.32 bits per heavy atom. The zero-order valence-corrected chi connectivity index (χ0v) is 10.9. The van der Waals surface area contributed by atoms with Crippen LogP contribution in [0, 0.1) is 5.92 Å². The van der Waals surface area contributed by atoms with Crippen molar-refractivity contribution >= 4 is 11.6 Å². The first-order valence-electron chi connectivity index (χ1n) is 6.56. The molecule has 19 heavy (non-hydrogen) atoms. The number of carbonyl (C=O) groups is 1. The van der Waals surface area contributed by atoms with Crippen molar-refractivity contribution in [2.75, 3.05) is 13.1 Å². The second-order valence-corrected chi connectivity index (χ2v) is 5.18. The van der Waals surface area contributed by atoms with E-state index < -0.39 is 6.10 Å². The number of likely N-dealkylation sites (tertiary alicyclic amines) is 1. The monoisotopic (exact) mass is 259 g/mol. The molecule has 2 aromatic rings. The van der Waals surface area contributed by atoms with E-state index in [4.69, 9.17) is 0 Å². The molecule has 0 aliphatic carbocycles. The fourth-order valence-corrected chi connectivity index (χ4v) is 2.43. The summed E-state index contributed by atoms with van der Waals surface area (Å²) in [5.41, 5.74) is 1.20. The van der Waals surface area contributed by atoms with Crippen LogP contribution in [0.15, 0.2) is 30.6 Å². The molecule has 2 aromatic heterocycles. The standard InChI is InChI=1S/C14H17N3O2/c1-10-5-7-17(9-12(10)18)14(19)11-8-16-6-3-2-4-13(16)15-11/h2-4,6,8,10,12,18H,5,7,9H2,1H3. The number of fused-ring (bicyclic) bond motifs is 1. The largest absolute Gasteiger partial charge is 0.391 e. The first-order valence-corrected chi connectivity index (χ1v) is 6.56. The lowest BCUT2D eigenvalue weighted by molar-refractivity contribution is 0.0245. The maximum Gasteiger partial charge on any atom is 0.274 e. The Morgan fingerprint density at radius 3 is 3.05 bits per heavy atom. The van der Waals surface area contributed by atoms with Gasteiger partial charge in [-0.2, -0.15) is 0 Å². The van der Waals surface area contributed by atoms with Gasteiger partial charge in [0.05, 0.1) is 6.10 Å². The highest BCUT2D eigenvalue weighted by Crippen LogP contribution is 2.19. The van der Waals surface area contributed by atoms with Gasteiger partial charge in [-0.1, -0.05) is 13.0 Å². The number of pyridine rings is 1. The Morgan fingerprint density at radius 1 is 1.47 bits per heavy atom. The number of aromatic nitrogens is 2. The molecule has 1 amide bonds. The van der Waals surface area contributed by atoms with Gasteiger partial charge >= 0.3 is 0 Å². The Hall–Kier alpha value is -1.88. The summed E-state index contributed by atoms with van der Waals surface area (Å²) < 4.78 is 1.83. The molecule has 100 valence electrons. The normalized spacial score (nSPS) is 23.8. The summed E-state index contributed by atoms with van der Waals surface area (Å²) in [6.45, 7) is 3.09. The summed E-state index contributed by atoms with van der Waals surface area (Å²) in [6, 6.07) is 5.65. The fourth-order valence-electron chi connectivity index (χ4n) is 2.43. The van der Waals surface area contributed by atoms with Crippen molar-refractivity contribution in [1.29, 1.82) is 0 Å². The lowest BCUT2D eigenvalue weighted by Gasteiger charge is -2.33. The number of nitrogens with zero attached hydrogens (tertiary/aromatic N) is 3. The summed E-state index contributed by atoms with van der Waals surface area (Å²) in [7, 11) is 0. The van der Waals surface area contributed by atoms with Crippen molar-refractivity contribution in [1.82, 2.24) is 14.3 Å². The molecule has 3 heterocycles. The summed E-state index contributed by atoms with van der Waals surface area (Å²) in [5.74, 6) is 0.153. The SMILES string of the molecule is CC1CCN(C(=O)c2cn3ccccc3n2)CC1O. The van der Waals surface area contributed by atoms with Gasteiger partial charge in [-0.3, -0.25) is 4.79 Å². The smallest absolute Gasteiger partial charge is 0.274 e. The van der Waals surface area contributed by atoms with Crippen molar-refractivity contribution in [2.24, 2.45) is 5.92 Å². The molecule has 0 radical (unpaired) electrons. The molecule has 5 nitrogen and oxygen atoms in total. The van der Waals surface area contributed by atoms with E-state index in [1.807, 2.05) is 35.7 Å². The number of aliphatic hydroxyl groups is 1. The molecule has 5 heteroatoms. The number of aliphatic hydroxyl groups excluding tert-OH is 1. The third-order valence-electron chi connectivity index (χ3n) is 3.79. The lowest BCUT2D eigenvalue weighted by atomic mass is 9.96. The van der Waals surface area contributed by atoms with E-state index in [1.54, 1.807) is 11.1 Å². The number of rotatable bonds is 1. The minimum absolute atomic E-state index is 0.102. The summed E-state index contributed by atoms with van der Waals surface area (Å²) >= 11 is 0. The summed E-state index contributed by atoms with van der Waals surface area (Å²) in [4.78, 5) is 18.4. The van der Waals surface area contributed by atoms with E-state index >= 15 is 0 Å². The van der Waals surface area contributed by atoms with Crippen molar-refractivity contribution in [3.05, 3.63) is 36.3 Å². The van der Waals surface area contributed by atoms with Gasteiger partial charge in [-0.05, 0) is 24.5 Å². The third kappa shape index (κ3) is 2.21. The van der Waals surface area contributed by atoms with Crippen LogP contribution in [0.1, 0.15) is 23.8 Å². The molecule has 0 bridgehead atoms. The number of imidazole rings is 1. The van der Waals surface area contributed by atoms with Gasteiger partial charge in [-0.25, -0.2) is 4.98 Å². The number of hydrogen-bond donors (Lipinski definition) is 1. The molecular formula is C14H17N3O2. The van der Waals surface area contributed by atoms with Crippen LogP contribution in [-0.4, -0.2) is 44.5 Å². The summed E-state index contributed by atoms with van der Waals surface area (Å²) in [6.07, 6.45) is 4.00. The van der Waals surface area contributed by atoms with Gasteiger partial charge in [0, 0.05) is 25.5 Å². The van der Waals surface area contributed by atoms with Crippen LogP contribution in [-0.2, 0) is 0 Å². The average Bonchev–Trinajstić information content (AvgIpc) is 2.85. The van der Waals surface area contributed by atoms with Crippen LogP contribution < -0.4 is 0 Å². The zero-order chi connectivity index (χ0) is 13.4. The molecule has 0 aromatic carbocycles. The van der Waals surface area contributed by atoms with Gasteiger partial charge in [0.25, 0.3) is 5.91 Å². The van der Waals surface area contributed by atoms with Crippen LogP contribution in [0.3, 0.4) is 0 Å². The second-order valence-electron chi connectivity index (χ2n) is 5.18. The highest BCUT2D eigenvalue weighted by molar-refractivity contribution is 5.93.